The molecule has 0 heterocycles. The zero-order valence-corrected chi connectivity index (χ0v) is 17.6. The number of unbranched alkanes of at least 4 members (excludes halogenated alkanes) is 2. The Kier molecular flexibility index (Phi) is 8.27. The van der Waals surface area contributed by atoms with Gasteiger partial charge < -0.3 is 9.84 Å². The normalized spacial score (nSPS) is 16.2. The first-order valence-corrected chi connectivity index (χ1v) is 10.3. The Hall–Kier alpha value is -2.80. The fraction of sp³-hybridized carbons (Fsp3) is 0.440. The van der Waals surface area contributed by atoms with Crippen LogP contribution in [0, 0.1) is 17.2 Å². The molecule has 1 aromatic carbocycles. The highest BCUT2D eigenvalue weighted by Crippen LogP contribution is 2.22. The Balaban J connectivity index is 1.74. The SMILES string of the molecule is CC(C)(C)OC(=O)C1=CCC(=C[C@H](C#N)CCCCCc2ccc(O)cc2)C=C1. The number of carbonyl (C=O) groups is 1. The molecule has 154 valence electrons. The van der Waals surface area contributed by atoms with E-state index in [0.717, 1.165) is 37.7 Å². The quantitative estimate of drug-likeness (QED) is 0.448. The lowest BCUT2D eigenvalue weighted by Crippen LogP contribution is -2.24. The number of phenols is 1. The van der Waals surface area contributed by atoms with Crippen molar-refractivity contribution in [2.75, 3.05) is 0 Å². The van der Waals surface area contributed by atoms with E-state index in [2.05, 4.69) is 6.07 Å². The summed E-state index contributed by atoms with van der Waals surface area (Å²) in [4.78, 5) is 12.1. The van der Waals surface area contributed by atoms with E-state index >= 15 is 0 Å². The topological polar surface area (TPSA) is 70.3 Å². The molecule has 1 atom stereocenters. The molecule has 0 saturated carbocycles. The van der Waals surface area contributed by atoms with Crippen LogP contribution in [0.4, 0.5) is 0 Å². The molecule has 0 radical (unpaired) electrons. The van der Waals surface area contributed by atoms with Gasteiger partial charge in [0, 0.05) is 0 Å². The van der Waals surface area contributed by atoms with Crippen LogP contribution in [0.15, 0.2) is 59.7 Å². The van der Waals surface area contributed by atoms with Crippen molar-refractivity contribution in [3.8, 4) is 11.8 Å². The van der Waals surface area contributed by atoms with Gasteiger partial charge in [0.25, 0.3) is 0 Å². The van der Waals surface area contributed by atoms with Crippen molar-refractivity contribution in [3.63, 3.8) is 0 Å². The molecule has 29 heavy (non-hydrogen) atoms. The third-order valence-corrected chi connectivity index (χ3v) is 4.67. The zero-order valence-electron chi connectivity index (χ0n) is 17.6. The van der Waals surface area contributed by atoms with Gasteiger partial charge in [0.2, 0.25) is 0 Å². The summed E-state index contributed by atoms with van der Waals surface area (Å²) in [6.07, 6.45) is 13.2. The van der Waals surface area contributed by atoms with Crippen molar-refractivity contribution in [2.45, 2.75) is 64.9 Å². The summed E-state index contributed by atoms with van der Waals surface area (Å²) in [6.45, 7) is 5.56. The minimum Gasteiger partial charge on any atom is -0.508 e. The average molecular weight is 394 g/mol. The molecule has 1 aromatic rings. The first-order chi connectivity index (χ1) is 13.8. The standard InChI is InChI=1S/C25H31NO3/c1-25(2,3)29-24(28)22-13-9-20(10-14-22)17-21(18-26)8-6-4-5-7-19-11-15-23(27)16-12-19/h9,11-17,21,27H,4-8,10H2,1-3H3/t21-/m1/s1. The Morgan fingerprint density at radius 2 is 1.93 bits per heavy atom. The number of hydrogen-bond acceptors (Lipinski definition) is 4. The monoisotopic (exact) mass is 393 g/mol. The number of rotatable bonds is 8. The first kappa shape index (κ1) is 22.5. The molecule has 0 aliphatic heterocycles. The van der Waals surface area contributed by atoms with Gasteiger partial charge in [0.15, 0.2) is 0 Å². The Labute approximate surface area is 174 Å². The number of phenolic OH excluding ortho intramolecular Hbond substituents is 1. The maximum absolute atomic E-state index is 12.1. The number of ether oxygens (including phenoxy) is 1. The van der Waals surface area contributed by atoms with Crippen molar-refractivity contribution in [3.05, 3.63) is 65.3 Å². The largest absolute Gasteiger partial charge is 0.508 e. The summed E-state index contributed by atoms with van der Waals surface area (Å²) >= 11 is 0. The third-order valence-electron chi connectivity index (χ3n) is 4.67. The van der Waals surface area contributed by atoms with E-state index in [4.69, 9.17) is 4.74 Å². The molecular formula is C25H31NO3. The van der Waals surface area contributed by atoms with E-state index in [1.165, 1.54) is 5.56 Å². The summed E-state index contributed by atoms with van der Waals surface area (Å²) in [7, 11) is 0. The number of nitriles is 1. The third kappa shape index (κ3) is 8.39. The molecule has 0 aromatic heterocycles. The predicted molar refractivity (Wildman–Crippen MR) is 115 cm³/mol. The fourth-order valence-electron chi connectivity index (χ4n) is 3.15. The molecular weight excluding hydrogens is 362 g/mol. The fourth-order valence-corrected chi connectivity index (χ4v) is 3.15. The van der Waals surface area contributed by atoms with Crippen LogP contribution in [-0.2, 0) is 16.0 Å². The second-order valence-electron chi connectivity index (χ2n) is 8.44. The molecule has 0 saturated heterocycles. The van der Waals surface area contributed by atoms with Crippen LogP contribution in [-0.4, -0.2) is 16.7 Å². The van der Waals surface area contributed by atoms with Crippen molar-refractivity contribution in [1.82, 2.24) is 0 Å². The Morgan fingerprint density at radius 1 is 1.21 bits per heavy atom. The summed E-state index contributed by atoms with van der Waals surface area (Å²) < 4.78 is 5.39. The lowest BCUT2D eigenvalue weighted by molar-refractivity contribution is -0.149. The predicted octanol–water partition coefficient (Wildman–Crippen LogP) is 5.79. The van der Waals surface area contributed by atoms with Crippen molar-refractivity contribution in [1.29, 1.82) is 5.26 Å². The molecule has 0 bridgehead atoms. The average Bonchev–Trinajstić information content (AvgIpc) is 2.67. The molecule has 4 heteroatoms. The van der Waals surface area contributed by atoms with Gasteiger partial charge in [-0.3, -0.25) is 0 Å². The number of hydrogen-bond donors (Lipinski definition) is 1. The van der Waals surface area contributed by atoms with Crippen LogP contribution in [0.1, 0.15) is 58.4 Å². The number of aromatic hydroxyl groups is 1. The van der Waals surface area contributed by atoms with Crippen LogP contribution in [0.2, 0.25) is 0 Å². The second kappa shape index (κ2) is 10.7. The van der Waals surface area contributed by atoms with Gasteiger partial charge in [0.1, 0.15) is 11.4 Å². The molecule has 0 spiro atoms. The van der Waals surface area contributed by atoms with Crippen molar-refractivity contribution >= 4 is 5.97 Å². The van der Waals surface area contributed by atoms with E-state index in [0.29, 0.717) is 17.7 Å². The summed E-state index contributed by atoms with van der Waals surface area (Å²) in [5.74, 6) is -0.124. The van der Waals surface area contributed by atoms with Gasteiger partial charge in [-0.15, -0.1) is 0 Å². The van der Waals surface area contributed by atoms with Gasteiger partial charge in [-0.25, -0.2) is 4.79 Å². The van der Waals surface area contributed by atoms with E-state index in [1.54, 1.807) is 18.2 Å². The molecule has 0 fully saturated rings. The first-order valence-electron chi connectivity index (χ1n) is 10.3. The molecule has 0 amide bonds. The molecule has 2 rings (SSSR count). The van der Waals surface area contributed by atoms with Crippen molar-refractivity contribution in [2.24, 2.45) is 5.92 Å². The second-order valence-corrected chi connectivity index (χ2v) is 8.44. The van der Waals surface area contributed by atoms with Crippen LogP contribution in [0.3, 0.4) is 0 Å². The smallest absolute Gasteiger partial charge is 0.338 e. The lowest BCUT2D eigenvalue weighted by Gasteiger charge is -2.20. The maximum atomic E-state index is 12.1. The minimum absolute atomic E-state index is 0.111. The zero-order chi connectivity index (χ0) is 21.3. The highest BCUT2D eigenvalue weighted by molar-refractivity contribution is 5.92. The summed E-state index contributed by atoms with van der Waals surface area (Å²) in [5.41, 5.74) is 2.35. The van der Waals surface area contributed by atoms with Gasteiger partial charge in [-0.1, -0.05) is 43.2 Å². The van der Waals surface area contributed by atoms with Crippen LogP contribution < -0.4 is 0 Å². The van der Waals surface area contributed by atoms with Crippen LogP contribution in [0.25, 0.3) is 0 Å². The maximum Gasteiger partial charge on any atom is 0.338 e. The van der Waals surface area contributed by atoms with E-state index < -0.39 is 5.60 Å². The summed E-state index contributed by atoms with van der Waals surface area (Å²) in [6, 6.07) is 9.71. The Bertz CT molecular complexity index is 817. The highest BCUT2D eigenvalue weighted by atomic mass is 16.6. The molecule has 1 aliphatic rings. The van der Waals surface area contributed by atoms with Crippen LogP contribution >= 0.6 is 0 Å². The van der Waals surface area contributed by atoms with Gasteiger partial charge >= 0.3 is 5.97 Å². The number of aryl methyl sites for hydroxylation is 1. The number of nitrogens with zero attached hydrogens (tertiary/aromatic N) is 1. The van der Waals surface area contributed by atoms with E-state index in [-0.39, 0.29) is 11.9 Å². The van der Waals surface area contributed by atoms with Gasteiger partial charge in [0.05, 0.1) is 17.6 Å². The number of allylic oxidation sites excluding steroid dienone is 4. The van der Waals surface area contributed by atoms with Gasteiger partial charge in [-0.05, 0) is 75.8 Å². The van der Waals surface area contributed by atoms with E-state index in [1.807, 2.05) is 51.1 Å². The Morgan fingerprint density at radius 3 is 2.52 bits per heavy atom. The van der Waals surface area contributed by atoms with Crippen molar-refractivity contribution < 1.29 is 14.6 Å². The molecule has 1 N–H and O–H groups in total. The minimum atomic E-state index is -0.504. The molecule has 0 unspecified atom stereocenters. The molecule has 4 nitrogen and oxygen atoms in total. The number of carbonyl (C=O) groups excluding carboxylic acids is 1. The highest BCUT2D eigenvalue weighted by Gasteiger charge is 2.19. The molecule has 1 aliphatic carbocycles. The summed E-state index contributed by atoms with van der Waals surface area (Å²) in [5, 5.41) is 18.8. The van der Waals surface area contributed by atoms with Gasteiger partial charge in [-0.2, -0.15) is 5.26 Å². The van der Waals surface area contributed by atoms with E-state index in [9.17, 15) is 15.2 Å². The number of benzene rings is 1. The van der Waals surface area contributed by atoms with Crippen LogP contribution in [0.5, 0.6) is 5.75 Å². The lowest BCUT2D eigenvalue weighted by atomic mass is 9.95. The number of esters is 1.